The summed E-state index contributed by atoms with van der Waals surface area (Å²) >= 11 is 1.51. The van der Waals surface area contributed by atoms with Crippen LogP contribution in [0.1, 0.15) is 25.3 Å². The molecule has 0 saturated heterocycles. The number of benzene rings is 2. The van der Waals surface area contributed by atoms with E-state index < -0.39 is 9.84 Å². The van der Waals surface area contributed by atoms with Crippen molar-refractivity contribution >= 4 is 48.5 Å². The molecule has 0 unspecified atom stereocenters. The van der Waals surface area contributed by atoms with Gasteiger partial charge in [-0.15, -0.1) is 16.4 Å². The Balaban J connectivity index is 1.65. The highest BCUT2D eigenvalue weighted by molar-refractivity contribution is 7.91. The van der Waals surface area contributed by atoms with Gasteiger partial charge in [0.1, 0.15) is 0 Å². The quantitative estimate of drug-likeness (QED) is 0.404. The topological polar surface area (TPSA) is 89.2 Å². The molecule has 0 aliphatic rings. The van der Waals surface area contributed by atoms with Gasteiger partial charge >= 0.3 is 0 Å². The first-order valence-electron chi connectivity index (χ1n) is 9.75. The zero-order valence-electron chi connectivity index (χ0n) is 16.9. The molecule has 0 spiro atoms. The maximum Gasteiger partial charge on any atom is 0.229 e. The number of hydrogen-bond donors (Lipinski definition) is 1. The molecule has 0 aliphatic heterocycles. The van der Waals surface area contributed by atoms with Crippen LogP contribution in [0.15, 0.2) is 76.0 Å². The third-order valence-corrected chi connectivity index (χ3v) is 7.65. The molecule has 156 valence electrons. The highest BCUT2D eigenvalue weighted by Gasteiger charge is 2.27. The first-order valence-corrected chi connectivity index (χ1v) is 12.1. The highest BCUT2D eigenvalue weighted by Crippen LogP contribution is 2.32. The zero-order chi connectivity index (χ0) is 21.6. The predicted molar refractivity (Wildman–Crippen MR) is 122 cm³/mol. The Hall–Kier alpha value is -3.30. The fourth-order valence-corrected chi connectivity index (χ4v) is 5.45. The Morgan fingerprint density at radius 2 is 1.74 bits per heavy atom. The van der Waals surface area contributed by atoms with Crippen molar-refractivity contribution < 1.29 is 8.42 Å². The minimum absolute atomic E-state index is 0.156. The SMILES string of the molecule is CC(C)c1ccc(Nc2nc3c(S(=O)(=O)c4ccccc4)nnn3c3ccsc23)cc1. The van der Waals surface area contributed by atoms with E-state index in [1.165, 1.54) is 21.4 Å². The van der Waals surface area contributed by atoms with Gasteiger partial charge < -0.3 is 5.32 Å². The highest BCUT2D eigenvalue weighted by atomic mass is 32.2. The smallest absolute Gasteiger partial charge is 0.229 e. The molecule has 31 heavy (non-hydrogen) atoms. The number of sulfone groups is 1. The second kappa shape index (κ2) is 7.44. The van der Waals surface area contributed by atoms with Crippen LogP contribution in [0, 0.1) is 0 Å². The lowest BCUT2D eigenvalue weighted by molar-refractivity contribution is 0.592. The number of rotatable bonds is 5. The zero-order valence-corrected chi connectivity index (χ0v) is 18.5. The van der Waals surface area contributed by atoms with Gasteiger partial charge in [-0.2, -0.15) is 4.52 Å². The van der Waals surface area contributed by atoms with Crippen molar-refractivity contribution in [2.24, 2.45) is 0 Å². The fourth-order valence-electron chi connectivity index (χ4n) is 3.38. The molecule has 0 fully saturated rings. The van der Waals surface area contributed by atoms with Gasteiger partial charge in [0.15, 0.2) is 11.5 Å². The molecule has 1 N–H and O–H groups in total. The summed E-state index contributed by atoms with van der Waals surface area (Å²) in [5, 5.41) is 13.2. The molecule has 3 aromatic heterocycles. The van der Waals surface area contributed by atoms with Gasteiger partial charge in [-0.05, 0) is 47.2 Å². The summed E-state index contributed by atoms with van der Waals surface area (Å²) in [7, 11) is -3.86. The van der Waals surface area contributed by atoms with Gasteiger partial charge in [0.2, 0.25) is 14.9 Å². The van der Waals surface area contributed by atoms with Gasteiger partial charge in [-0.25, -0.2) is 13.4 Å². The normalized spacial score (nSPS) is 12.1. The third kappa shape index (κ3) is 3.35. The van der Waals surface area contributed by atoms with E-state index in [0.717, 1.165) is 15.9 Å². The lowest BCUT2D eigenvalue weighted by Crippen LogP contribution is -2.05. The number of thiophene rings is 1. The van der Waals surface area contributed by atoms with Crippen LogP contribution in [0.2, 0.25) is 0 Å². The van der Waals surface area contributed by atoms with Gasteiger partial charge in [0, 0.05) is 5.69 Å². The van der Waals surface area contributed by atoms with E-state index in [4.69, 9.17) is 0 Å². The monoisotopic (exact) mass is 449 g/mol. The Kier molecular flexibility index (Phi) is 4.71. The summed E-state index contributed by atoms with van der Waals surface area (Å²) in [5.74, 6) is 1.01. The molecule has 5 rings (SSSR count). The van der Waals surface area contributed by atoms with Crippen LogP contribution in [-0.2, 0) is 9.84 Å². The molecule has 0 radical (unpaired) electrons. The summed E-state index contributed by atoms with van der Waals surface area (Å²) in [5.41, 5.74) is 3.05. The average molecular weight is 450 g/mol. The first kappa shape index (κ1) is 19.7. The molecule has 5 aromatic rings. The van der Waals surface area contributed by atoms with E-state index in [0.29, 0.717) is 11.7 Å². The van der Waals surface area contributed by atoms with Crippen LogP contribution in [0.25, 0.3) is 15.9 Å². The van der Waals surface area contributed by atoms with Crippen molar-refractivity contribution in [1.82, 2.24) is 19.8 Å². The van der Waals surface area contributed by atoms with Crippen LogP contribution >= 0.6 is 11.3 Å². The van der Waals surface area contributed by atoms with Crippen molar-refractivity contribution in [1.29, 1.82) is 0 Å². The lowest BCUT2D eigenvalue weighted by atomic mass is 10.0. The lowest BCUT2D eigenvalue weighted by Gasteiger charge is -2.10. The minimum atomic E-state index is -3.86. The van der Waals surface area contributed by atoms with Crippen LogP contribution in [0.3, 0.4) is 0 Å². The molecule has 0 saturated carbocycles. The average Bonchev–Trinajstić information content (AvgIpc) is 3.42. The molecular weight excluding hydrogens is 430 g/mol. The van der Waals surface area contributed by atoms with Gasteiger partial charge in [0.05, 0.1) is 15.1 Å². The van der Waals surface area contributed by atoms with Gasteiger partial charge in [-0.1, -0.05) is 49.4 Å². The van der Waals surface area contributed by atoms with Crippen LogP contribution < -0.4 is 5.32 Å². The predicted octanol–water partition coefficient (Wildman–Crippen LogP) is 5.04. The molecule has 0 aliphatic carbocycles. The molecule has 3 heterocycles. The van der Waals surface area contributed by atoms with E-state index >= 15 is 0 Å². The van der Waals surface area contributed by atoms with Crippen molar-refractivity contribution in [3.63, 3.8) is 0 Å². The number of nitrogens with one attached hydrogen (secondary N) is 1. The number of fused-ring (bicyclic) bond motifs is 3. The second-order valence-electron chi connectivity index (χ2n) is 7.44. The molecule has 9 heteroatoms. The molecule has 0 amide bonds. The number of nitrogens with zero attached hydrogens (tertiary/aromatic N) is 4. The Morgan fingerprint density at radius 1 is 1.00 bits per heavy atom. The fraction of sp³-hybridized carbons (Fsp3) is 0.136. The van der Waals surface area contributed by atoms with Gasteiger partial charge in [0.25, 0.3) is 0 Å². The third-order valence-electron chi connectivity index (χ3n) is 5.07. The number of hydrogen-bond acceptors (Lipinski definition) is 7. The van der Waals surface area contributed by atoms with E-state index in [2.05, 4.69) is 46.6 Å². The maximum atomic E-state index is 13.2. The van der Waals surface area contributed by atoms with Crippen molar-refractivity contribution in [2.75, 3.05) is 5.32 Å². The first-order chi connectivity index (χ1) is 14.9. The van der Waals surface area contributed by atoms with Crippen molar-refractivity contribution in [2.45, 2.75) is 29.7 Å². The minimum Gasteiger partial charge on any atom is -0.339 e. The van der Waals surface area contributed by atoms with Crippen molar-refractivity contribution in [3.8, 4) is 0 Å². The van der Waals surface area contributed by atoms with E-state index in [-0.39, 0.29) is 15.6 Å². The summed E-state index contributed by atoms with van der Waals surface area (Å²) in [4.78, 5) is 4.79. The second-order valence-corrected chi connectivity index (χ2v) is 10.2. The van der Waals surface area contributed by atoms with E-state index in [9.17, 15) is 8.42 Å². The molecular formula is C22H19N5O2S2. The van der Waals surface area contributed by atoms with E-state index in [1.807, 2.05) is 23.6 Å². The summed E-state index contributed by atoms with van der Waals surface area (Å²) in [6, 6.07) is 18.2. The molecule has 2 aromatic carbocycles. The summed E-state index contributed by atoms with van der Waals surface area (Å²) in [6.07, 6.45) is 0. The summed E-state index contributed by atoms with van der Waals surface area (Å²) in [6.45, 7) is 4.29. The van der Waals surface area contributed by atoms with Crippen molar-refractivity contribution in [3.05, 3.63) is 71.6 Å². The van der Waals surface area contributed by atoms with Crippen LogP contribution in [0.5, 0.6) is 0 Å². The molecule has 7 nitrogen and oxygen atoms in total. The van der Waals surface area contributed by atoms with Crippen LogP contribution in [-0.4, -0.2) is 28.2 Å². The van der Waals surface area contributed by atoms with E-state index in [1.54, 1.807) is 30.3 Å². The molecule has 0 atom stereocenters. The van der Waals surface area contributed by atoms with Crippen LogP contribution in [0.4, 0.5) is 11.5 Å². The maximum absolute atomic E-state index is 13.2. The Labute approximate surface area is 183 Å². The Morgan fingerprint density at radius 3 is 2.45 bits per heavy atom. The largest absolute Gasteiger partial charge is 0.339 e. The standard InChI is InChI=1S/C22H19N5O2S2/c1-14(2)15-8-10-16(11-9-15)23-20-19-18(12-13-30-19)27-21(24-20)22(25-26-27)31(28,29)17-6-4-3-5-7-17/h3-14H,1-2H3,(H,23,24). The molecule has 0 bridgehead atoms. The number of anilines is 2. The van der Waals surface area contributed by atoms with Gasteiger partial charge in [-0.3, -0.25) is 0 Å². The number of aromatic nitrogens is 4. The Bertz CT molecular complexity index is 1490. The summed E-state index contributed by atoms with van der Waals surface area (Å²) < 4.78 is 28.7.